The Balaban J connectivity index is 4.23. The van der Waals surface area contributed by atoms with Gasteiger partial charge in [0.1, 0.15) is 0 Å². The molecular formula is C17H33NO3. The van der Waals surface area contributed by atoms with Gasteiger partial charge in [0, 0.05) is 19.0 Å². The Labute approximate surface area is 130 Å². The van der Waals surface area contributed by atoms with Crippen LogP contribution in [0.15, 0.2) is 0 Å². The van der Waals surface area contributed by atoms with Crippen LogP contribution in [-0.4, -0.2) is 36.0 Å². The molecule has 4 nitrogen and oxygen atoms in total. The Kier molecular flexibility index (Phi) is 12.0. The van der Waals surface area contributed by atoms with Gasteiger partial charge < -0.3 is 9.64 Å². The Hall–Kier alpha value is -1.06. The molecule has 0 saturated carbocycles. The molecule has 0 aromatic rings. The lowest BCUT2D eigenvalue weighted by atomic mass is 10.1. The van der Waals surface area contributed by atoms with Gasteiger partial charge in [0.05, 0.1) is 13.0 Å². The van der Waals surface area contributed by atoms with E-state index in [1.807, 2.05) is 11.8 Å². The smallest absolute Gasteiger partial charge is 0.307 e. The first-order valence-electron chi connectivity index (χ1n) is 8.51. The summed E-state index contributed by atoms with van der Waals surface area (Å²) < 4.78 is 5.15. The lowest BCUT2D eigenvalue weighted by Gasteiger charge is -2.28. The van der Waals surface area contributed by atoms with Crippen LogP contribution in [-0.2, 0) is 14.3 Å². The Bertz CT molecular complexity index is 292. The summed E-state index contributed by atoms with van der Waals surface area (Å²) in [7, 11) is 0. The molecule has 0 heterocycles. The average molecular weight is 299 g/mol. The zero-order valence-electron chi connectivity index (χ0n) is 14.3. The first-order chi connectivity index (χ1) is 10.1. The number of amides is 1. The fourth-order valence-corrected chi connectivity index (χ4v) is 2.10. The topological polar surface area (TPSA) is 46.6 Å². The fourth-order valence-electron chi connectivity index (χ4n) is 2.10. The Morgan fingerprint density at radius 1 is 1.00 bits per heavy atom. The van der Waals surface area contributed by atoms with E-state index in [-0.39, 0.29) is 17.9 Å². The second-order valence-electron chi connectivity index (χ2n) is 5.63. The van der Waals surface area contributed by atoms with E-state index in [2.05, 4.69) is 20.8 Å². The summed E-state index contributed by atoms with van der Waals surface area (Å²) in [5.41, 5.74) is 0. The van der Waals surface area contributed by atoms with Crippen molar-refractivity contribution >= 4 is 11.9 Å². The van der Waals surface area contributed by atoms with Crippen LogP contribution in [0.1, 0.15) is 79.1 Å². The lowest BCUT2D eigenvalue weighted by Crippen LogP contribution is -2.39. The normalized spacial score (nSPS) is 12.0. The van der Waals surface area contributed by atoms with Crippen LogP contribution >= 0.6 is 0 Å². The highest BCUT2D eigenvalue weighted by Gasteiger charge is 2.19. The maximum atomic E-state index is 12.3. The van der Waals surface area contributed by atoms with Gasteiger partial charge in [-0.2, -0.15) is 0 Å². The SMILES string of the molecule is CCCCCC(=O)N(CCC(=O)OCCCC)C(C)CC. The predicted molar refractivity (Wildman–Crippen MR) is 86.1 cm³/mol. The number of rotatable bonds is 12. The highest BCUT2D eigenvalue weighted by Crippen LogP contribution is 2.10. The summed E-state index contributed by atoms with van der Waals surface area (Å²) in [5.74, 6) is -0.0303. The number of hydrogen-bond donors (Lipinski definition) is 0. The van der Waals surface area contributed by atoms with Crippen molar-refractivity contribution in [2.45, 2.75) is 85.1 Å². The molecule has 4 heteroatoms. The van der Waals surface area contributed by atoms with E-state index in [0.717, 1.165) is 38.5 Å². The lowest BCUT2D eigenvalue weighted by molar-refractivity contribution is -0.145. The highest BCUT2D eigenvalue weighted by molar-refractivity contribution is 5.77. The van der Waals surface area contributed by atoms with E-state index in [1.54, 1.807) is 0 Å². The molecule has 0 N–H and O–H groups in total. The molecule has 0 radical (unpaired) electrons. The maximum absolute atomic E-state index is 12.3. The van der Waals surface area contributed by atoms with Crippen LogP contribution in [0, 0.1) is 0 Å². The fraction of sp³-hybridized carbons (Fsp3) is 0.882. The number of carbonyl (C=O) groups is 2. The van der Waals surface area contributed by atoms with E-state index in [4.69, 9.17) is 4.74 Å². The van der Waals surface area contributed by atoms with Gasteiger partial charge in [-0.15, -0.1) is 0 Å². The third-order valence-corrected chi connectivity index (χ3v) is 3.76. The molecule has 0 rings (SSSR count). The molecule has 21 heavy (non-hydrogen) atoms. The number of nitrogens with zero attached hydrogens (tertiary/aromatic N) is 1. The summed E-state index contributed by atoms with van der Waals surface area (Å²) in [5, 5.41) is 0. The summed E-state index contributed by atoms with van der Waals surface area (Å²) in [4.78, 5) is 25.8. The van der Waals surface area contributed by atoms with E-state index in [0.29, 0.717) is 26.0 Å². The number of hydrogen-bond acceptors (Lipinski definition) is 3. The van der Waals surface area contributed by atoms with Crippen molar-refractivity contribution in [2.24, 2.45) is 0 Å². The van der Waals surface area contributed by atoms with Gasteiger partial charge in [0.2, 0.25) is 5.91 Å². The first-order valence-corrected chi connectivity index (χ1v) is 8.51. The molecule has 0 saturated heterocycles. The molecule has 1 unspecified atom stereocenters. The Morgan fingerprint density at radius 2 is 1.67 bits per heavy atom. The van der Waals surface area contributed by atoms with Gasteiger partial charge in [-0.3, -0.25) is 9.59 Å². The third kappa shape index (κ3) is 9.48. The molecule has 0 aromatic heterocycles. The van der Waals surface area contributed by atoms with Crippen molar-refractivity contribution in [1.82, 2.24) is 4.90 Å². The number of esters is 1. The molecule has 0 aliphatic heterocycles. The largest absolute Gasteiger partial charge is 0.466 e. The molecule has 0 aliphatic carbocycles. The highest BCUT2D eigenvalue weighted by atomic mass is 16.5. The minimum Gasteiger partial charge on any atom is -0.466 e. The van der Waals surface area contributed by atoms with E-state index < -0.39 is 0 Å². The van der Waals surface area contributed by atoms with Crippen molar-refractivity contribution < 1.29 is 14.3 Å². The zero-order valence-corrected chi connectivity index (χ0v) is 14.3. The minimum absolute atomic E-state index is 0.166. The van der Waals surface area contributed by atoms with Crippen LogP contribution in [0.4, 0.5) is 0 Å². The summed E-state index contributed by atoms with van der Waals surface area (Å²) in [6.07, 6.45) is 6.84. The molecule has 0 spiro atoms. The van der Waals surface area contributed by atoms with Crippen molar-refractivity contribution in [2.75, 3.05) is 13.2 Å². The van der Waals surface area contributed by atoms with Gasteiger partial charge in [-0.25, -0.2) is 0 Å². The van der Waals surface area contributed by atoms with Crippen LogP contribution in [0.5, 0.6) is 0 Å². The van der Waals surface area contributed by atoms with Crippen molar-refractivity contribution in [3.63, 3.8) is 0 Å². The van der Waals surface area contributed by atoms with E-state index in [9.17, 15) is 9.59 Å². The number of unbranched alkanes of at least 4 members (excludes halogenated alkanes) is 3. The van der Waals surface area contributed by atoms with E-state index in [1.165, 1.54) is 0 Å². The number of ether oxygens (including phenoxy) is 1. The van der Waals surface area contributed by atoms with Gasteiger partial charge in [-0.1, -0.05) is 40.0 Å². The minimum atomic E-state index is -0.196. The third-order valence-electron chi connectivity index (χ3n) is 3.76. The molecule has 0 bridgehead atoms. The zero-order chi connectivity index (χ0) is 16.1. The molecule has 0 aliphatic rings. The first kappa shape index (κ1) is 19.9. The van der Waals surface area contributed by atoms with Crippen molar-refractivity contribution in [1.29, 1.82) is 0 Å². The summed E-state index contributed by atoms with van der Waals surface area (Å²) >= 11 is 0. The Morgan fingerprint density at radius 3 is 2.24 bits per heavy atom. The molecule has 124 valence electrons. The van der Waals surface area contributed by atoms with Gasteiger partial charge in [0.15, 0.2) is 0 Å². The molecule has 0 fully saturated rings. The van der Waals surface area contributed by atoms with Gasteiger partial charge >= 0.3 is 5.97 Å². The summed E-state index contributed by atoms with van der Waals surface area (Å²) in [6, 6.07) is 0.183. The number of carbonyl (C=O) groups excluding carboxylic acids is 2. The van der Waals surface area contributed by atoms with Crippen molar-refractivity contribution in [3.05, 3.63) is 0 Å². The molecule has 1 amide bonds. The molecule has 0 aromatic carbocycles. The van der Waals surface area contributed by atoms with Crippen LogP contribution in [0.25, 0.3) is 0 Å². The second kappa shape index (κ2) is 12.7. The average Bonchev–Trinajstić information content (AvgIpc) is 2.47. The molecule has 1 atom stereocenters. The predicted octanol–water partition coefficient (Wildman–Crippen LogP) is 3.93. The quantitative estimate of drug-likeness (QED) is 0.405. The van der Waals surface area contributed by atoms with Crippen LogP contribution < -0.4 is 0 Å². The van der Waals surface area contributed by atoms with Crippen LogP contribution in [0.2, 0.25) is 0 Å². The van der Waals surface area contributed by atoms with E-state index >= 15 is 0 Å². The van der Waals surface area contributed by atoms with Gasteiger partial charge in [0.25, 0.3) is 0 Å². The van der Waals surface area contributed by atoms with Gasteiger partial charge in [-0.05, 0) is 26.2 Å². The standard InChI is InChI=1S/C17H33NO3/c1-5-8-10-11-16(19)18(15(4)7-3)13-12-17(20)21-14-9-6-2/h15H,5-14H2,1-4H3. The maximum Gasteiger partial charge on any atom is 0.307 e. The van der Waals surface area contributed by atoms with Crippen molar-refractivity contribution in [3.8, 4) is 0 Å². The summed E-state index contributed by atoms with van der Waals surface area (Å²) in [6.45, 7) is 9.27. The second-order valence-corrected chi connectivity index (χ2v) is 5.63. The monoisotopic (exact) mass is 299 g/mol. The molecular weight excluding hydrogens is 266 g/mol. The van der Waals surface area contributed by atoms with Crippen LogP contribution in [0.3, 0.4) is 0 Å².